The maximum absolute atomic E-state index is 12.8. The lowest BCUT2D eigenvalue weighted by atomic mass is 9.95. The molecule has 0 aliphatic carbocycles. The first kappa shape index (κ1) is 20.9. The normalized spacial score (nSPS) is 11.3. The number of hydrogen-bond donors (Lipinski definition) is 0. The first-order chi connectivity index (χ1) is 14.8. The number of carbonyl (C=O) groups is 1. The van der Waals surface area contributed by atoms with E-state index in [9.17, 15) is 9.59 Å². The van der Waals surface area contributed by atoms with E-state index in [1.807, 2.05) is 37.3 Å². The van der Waals surface area contributed by atoms with E-state index in [4.69, 9.17) is 9.15 Å². The number of hydrogen-bond acceptors (Lipinski definition) is 7. The van der Waals surface area contributed by atoms with E-state index in [1.165, 1.54) is 17.4 Å². The highest BCUT2D eigenvalue weighted by Crippen LogP contribution is 2.29. The monoisotopic (exact) mass is 434 g/mol. The van der Waals surface area contributed by atoms with Gasteiger partial charge in [-0.25, -0.2) is 14.6 Å². The van der Waals surface area contributed by atoms with Gasteiger partial charge in [-0.05, 0) is 55.2 Å². The minimum absolute atomic E-state index is 0.0300. The van der Waals surface area contributed by atoms with Crippen molar-refractivity contribution in [1.82, 2.24) is 9.97 Å². The Bertz CT molecular complexity index is 1320. The van der Waals surface area contributed by atoms with E-state index in [2.05, 4.69) is 23.8 Å². The fourth-order valence-electron chi connectivity index (χ4n) is 3.53. The third-order valence-electron chi connectivity index (χ3n) is 5.06. The Balaban J connectivity index is 1.62. The maximum Gasteiger partial charge on any atom is 0.350 e. The van der Waals surface area contributed by atoms with Gasteiger partial charge in [0, 0.05) is 23.2 Å². The second-order valence-corrected chi connectivity index (χ2v) is 8.67. The predicted molar refractivity (Wildman–Crippen MR) is 121 cm³/mol. The number of aromatic nitrogens is 2. The summed E-state index contributed by atoms with van der Waals surface area (Å²) in [7, 11) is 0. The summed E-state index contributed by atoms with van der Waals surface area (Å²) in [6.45, 7) is 7.95. The molecule has 158 valence electrons. The van der Waals surface area contributed by atoms with Crippen molar-refractivity contribution in [2.45, 2.75) is 40.2 Å². The Morgan fingerprint density at radius 1 is 1.19 bits per heavy atom. The molecule has 0 amide bonds. The average Bonchev–Trinajstić information content (AvgIpc) is 3.13. The number of rotatable bonds is 5. The molecule has 0 radical (unpaired) electrons. The van der Waals surface area contributed by atoms with Crippen molar-refractivity contribution in [3.05, 3.63) is 80.3 Å². The van der Waals surface area contributed by atoms with Crippen LogP contribution in [0.5, 0.6) is 0 Å². The highest BCUT2D eigenvalue weighted by atomic mass is 32.1. The second-order valence-electron chi connectivity index (χ2n) is 7.67. The molecule has 0 aliphatic heterocycles. The minimum atomic E-state index is -0.477. The summed E-state index contributed by atoms with van der Waals surface area (Å²) in [6.07, 6.45) is 1.68. The second kappa shape index (κ2) is 8.43. The molecule has 6 nitrogen and oxygen atoms in total. The molecule has 31 heavy (non-hydrogen) atoms. The van der Waals surface area contributed by atoms with Gasteiger partial charge < -0.3 is 9.15 Å². The van der Waals surface area contributed by atoms with Crippen LogP contribution in [-0.4, -0.2) is 15.9 Å². The lowest BCUT2D eigenvalue weighted by Crippen LogP contribution is -2.08. The largest absolute Gasteiger partial charge is 0.457 e. The quantitative estimate of drug-likeness (QED) is 0.309. The van der Waals surface area contributed by atoms with E-state index in [0.29, 0.717) is 38.3 Å². The van der Waals surface area contributed by atoms with Gasteiger partial charge in [-0.2, -0.15) is 0 Å². The van der Waals surface area contributed by atoms with Gasteiger partial charge in [-0.3, -0.25) is 4.98 Å². The fourth-order valence-corrected chi connectivity index (χ4v) is 4.46. The van der Waals surface area contributed by atoms with Crippen LogP contribution in [0.25, 0.3) is 21.7 Å². The van der Waals surface area contributed by atoms with Gasteiger partial charge in [0.05, 0.1) is 11.4 Å². The molecule has 0 aliphatic rings. The summed E-state index contributed by atoms with van der Waals surface area (Å²) < 4.78 is 10.9. The molecule has 0 atom stereocenters. The van der Waals surface area contributed by atoms with Crippen LogP contribution in [0.15, 0.2) is 51.8 Å². The predicted octanol–water partition coefficient (Wildman–Crippen LogP) is 5.41. The number of benzene rings is 1. The van der Waals surface area contributed by atoms with Crippen molar-refractivity contribution in [3.8, 4) is 10.7 Å². The molecule has 0 fully saturated rings. The number of aryl methyl sites for hydroxylation is 2. The maximum atomic E-state index is 12.8. The number of carbonyl (C=O) groups excluding carboxylic acids is 1. The van der Waals surface area contributed by atoms with Crippen LogP contribution in [0.4, 0.5) is 0 Å². The van der Waals surface area contributed by atoms with Gasteiger partial charge in [-0.1, -0.05) is 19.9 Å². The van der Waals surface area contributed by atoms with E-state index in [1.54, 1.807) is 13.1 Å². The molecule has 4 aromatic rings. The van der Waals surface area contributed by atoms with Crippen molar-refractivity contribution < 1.29 is 13.9 Å². The molecule has 4 rings (SSSR count). The first-order valence-electron chi connectivity index (χ1n) is 9.96. The summed E-state index contributed by atoms with van der Waals surface area (Å²) in [5.74, 6) is -0.161. The first-order valence-corrected chi connectivity index (χ1v) is 10.8. The zero-order chi connectivity index (χ0) is 22.1. The van der Waals surface area contributed by atoms with Gasteiger partial charge >= 0.3 is 11.6 Å². The number of thiazole rings is 1. The highest BCUT2D eigenvalue weighted by Gasteiger charge is 2.19. The van der Waals surface area contributed by atoms with Crippen LogP contribution in [-0.2, 0) is 11.3 Å². The number of pyridine rings is 1. The lowest BCUT2D eigenvalue weighted by Gasteiger charge is -2.13. The molecule has 0 bridgehead atoms. The number of esters is 1. The summed E-state index contributed by atoms with van der Waals surface area (Å²) in [4.78, 5) is 34.0. The van der Waals surface area contributed by atoms with Gasteiger partial charge in [0.25, 0.3) is 0 Å². The van der Waals surface area contributed by atoms with Crippen LogP contribution in [0.2, 0.25) is 0 Å². The third kappa shape index (κ3) is 4.27. The SMILES string of the molecule is Cc1cc2oc(=O)cc(COC(=O)c3sc(-c4ccccn4)nc3C)c2cc1C(C)C. The molecular formula is C24H22N2O4S. The fraction of sp³-hybridized carbons (Fsp3) is 0.250. The van der Waals surface area contributed by atoms with Crippen LogP contribution in [0, 0.1) is 13.8 Å². The number of fused-ring (bicyclic) bond motifs is 1. The Hall–Kier alpha value is -3.32. The number of nitrogens with zero attached hydrogens (tertiary/aromatic N) is 2. The Morgan fingerprint density at radius 2 is 2.00 bits per heavy atom. The topological polar surface area (TPSA) is 82.3 Å². The summed E-state index contributed by atoms with van der Waals surface area (Å²) in [5.41, 5.74) is 4.15. The molecular weight excluding hydrogens is 412 g/mol. The molecule has 0 unspecified atom stereocenters. The van der Waals surface area contributed by atoms with Gasteiger partial charge in [-0.15, -0.1) is 11.3 Å². The van der Waals surface area contributed by atoms with Crippen molar-refractivity contribution in [3.63, 3.8) is 0 Å². The zero-order valence-electron chi connectivity index (χ0n) is 17.8. The summed E-state index contributed by atoms with van der Waals surface area (Å²) in [6, 6.07) is 10.8. The smallest absolute Gasteiger partial charge is 0.350 e. The molecule has 1 aromatic carbocycles. The van der Waals surface area contributed by atoms with E-state index < -0.39 is 11.6 Å². The highest BCUT2D eigenvalue weighted by molar-refractivity contribution is 7.17. The zero-order valence-corrected chi connectivity index (χ0v) is 18.6. The lowest BCUT2D eigenvalue weighted by molar-refractivity contribution is 0.0478. The minimum Gasteiger partial charge on any atom is -0.457 e. The van der Waals surface area contributed by atoms with E-state index in [0.717, 1.165) is 16.5 Å². The van der Waals surface area contributed by atoms with Gasteiger partial charge in [0.1, 0.15) is 22.1 Å². The average molecular weight is 435 g/mol. The molecule has 7 heteroatoms. The van der Waals surface area contributed by atoms with E-state index >= 15 is 0 Å². The number of ether oxygens (including phenoxy) is 1. The van der Waals surface area contributed by atoms with Crippen LogP contribution in [0.3, 0.4) is 0 Å². The molecule has 0 spiro atoms. The Kier molecular flexibility index (Phi) is 5.69. The van der Waals surface area contributed by atoms with Crippen molar-refractivity contribution in [1.29, 1.82) is 0 Å². The summed E-state index contributed by atoms with van der Waals surface area (Å²) >= 11 is 1.24. The van der Waals surface area contributed by atoms with Crippen LogP contribution in [0.1, 0.15) is 51.8 Å². The molecule has 3 aromatic heterocycles. The molecule has 0 saturated carbocycles. The third-order valence-corrected chi connectivity index (χ3v) is 6.22. The standard InChI is InChI=1S/C24H22N2O4S/c1-13(2)17-11-18-16(10-21(27)30-20(18)9-14(17)3)12-29-24(28)22-15(4)26-23(31-22)19-7-5-6-8-25-19/h5-11,13H,12H2,1-4H3. The van der Waals surface area contributed by atoms with Crippen LogP contribution >= 0.6 is 11.3 Å². The van der Waals surface area contributed by atoms with Gasteiger partial charge in [0.2, 0.25) is 0 Å². The molecule has 0 N–H and O–H groups in total. The van der Waals surface area contributed by atoms with E-state index in [-0.39, 0.29) is 6.61 Å². The van der Waals surface area contributed by atoms with Crippen molar-refractivity contribution in [2.24, 2.45) is 0 Å². The summed E-state index contributed by atoms with van der Waals surface area (Å²) in [5, 5.41) is 1.44. The molecule has 0 saturated heterocycles. The van der Waals surface area contributed by atoms with Gasteiger partial charge in [0.15, 0.2) is 0 Å². The van der Waals surface area contributed by atoms with Crippen molar-refractivity contribution in [2.75, 3.05) is 0 Å². The Labute approximate surface area is 183 Å². The van der Waals surface area contributed by atoms with Crippen molar-refractivity contribution >= 4 is 28.3 Å². The Morgan fingerprint density at radius 3 is 2.71 bits per heavy atom. The molecule has 3 heterocycles. The van der Waals surface area contributed by atoms with Crippen LogP contribution < -0.4 is 5.63 Å².